The fourth-order valence-corrected chi connectivity index (χ4v) is 5.16. The van der Waals surface area contributed by atoms with Crippen molar-refractivity contribution >= 4 is 17.7 Å². The molecule has 0 spiro atoms. The van der Waals surface area contributed by atoms with Gasteiger partial charge in [0.2, 0.25) is 11.8 Å². The molecule has 10 heteroatoms. The van der Waals surface area contributed by atoms with Crippen molar-refractivity contribution in [2.75, 3.05) is 40.5 Å². The van der Waals surface area contributed by atoms with Crippen molar-refractivity contribution in [3.63, 3.8) is 0 Å². The molecular formula is C30H39N3O7. The van der Waals surface area contributed by atoms with Gasteiger partial charge in [0.15, 0.2) is 17.3 Å². The van der Waals surface area contributed by atoms with Crippen LogP contribution in [-0.2, 0) is 14.3 Å². The molecule has 2 aromatic rings. The van der Waals surface area contributed by atoms with Gasteiger partial charge in [0.05, 0.1) is 33.1 Å². The van der Waals surface area contributed by atoms with Gasteiger partial charge in [0.1, 0.15) is 6.04 Å². The summed E-state index contributed by atoms with van der Waals surface area (Å²) in [6, 6.07) is 7.37. The maximum Gasteiger partial charge on any atom is 0.287 e. The molecule has 10 nitrogen and oxygen atoms in total. The fraction of sp³-hybridized carbons (Fsp3) is 0.500. The van der Waals surface area contributed by atoms with Crippen LogP contribution in [0.3, 0.4) is 0 Å². The molecule has 0 unspecified atom stereocenters. The second kappa shape index (κ2) is 14.6. The van der Waals surface area contributed by atoms with Crippen molar-refractivity contribution in [2.45, 2.75) is 57.1 Å². The lowest BCUT2D eigenvalue weighted by Crippen LogP contribution is -2.48. The second-order valence-electron chi connectivity index (χ2n) is 10.0. The molecule has 1 fully saturated rings. The number of carbonyl (C=O) groups is 3. The summed E-state index contributed by atoms with van der Waals surface area (Å²) in [6.07, 6.45) is 10.3. The van der Waals surface area contributed by atoms with Gasteiger partial charge in [0, 0.05) is 19.7 Å². The molecule has 2 N–H and O–H groups in total. The first-order chi connectivity index (χ1) is 19.5. The SMILES string of the molecule is COc1ccc([C@@H](C(=O)NC[C@H]2CCCO2)N(CCC2=CCCCC2)C(=O)CNC(=O)c2ccco2)cc1OC. The van der Waals surface area contributed by atoms with Gasteiger partial charge in [-0.15, -0.1) is 0 Å². The molecule has 0 saturated carbocycles. The van der Waals surface area contributed by atoms with Crippen molar-refractivity contribution in [1.29, 1.82) is 0 Å². The van der Waals surface area contributed by atoms with E-state index >= 15 is 0 Å². The Balaban J connectivity index is 1.62. The van der Waals surface area contributed by atoms with Crippen LogP contribution in [0.15, 0.2) is 52.7 Å². The van der Waals surface area contributed by atoms with Gasteiger partial charge in [-0.1, -0.05) is 17.7 Å². The van der Waals surface area contributed by atoms with E-state index in [0.717, 1.165) is 38.5 Å². The van der Waals surface area contributed by atoms with Crippen LogP contribution in [0.4, 0.5) is 0 Å². The quantitative estimate of drug-likeness (QED) is 0.362. The Morgan fingerprint density at radius 1 is 1.07 bits per heavy atom. The van der Waals surface area contributed by atoms with Crippen LogP contribution in [0.25, 0.3) is 0 Å². The summed E-state index contributed by atoms with van der Waals surface area (Å²) < 4.78 is 21.7. The number of methoxy groups -OCH3 is 2. The average Bonchev–Trinajstić information content (AvgIpc) is 3.72. The second-order valence-corrected chi connectivity index (χ2v) is 10.0. The molecule has 4 rings (SSSR count). The summed E-state index contributed by atoms with van der Waals surface area (Å²) in [5, 5.41) is 5.63. The number of nitrogens with one attached hydrogen (secondary N) is 2. The number of furan rings is 1. The van der Waals surface area contributed by atoms with Crippen molar-refractivity contribution in [1.82, 2.24) is 15.5 Å². The molecule has 216 valence electrons. The monoisotopic (exact) mass is 553 g/mol. The van der Waals surface area contributed by atoms with Gasteiger partial charge in [-0.25, -0.2) is 0 Å². The standard InChI is InChI=1S/C30H39N3O7/c1-37-24-13-12-22(18-26(24)38-2)28(30(36)31-19-23-10-6-16-39-23)33(15-14-21-8-4-3-5-9-21)27(34)20-32-29(35)25-11-7-17-40-25/h7-8,11-13,17-18,23,28H,3-6,9-10,14-16,19-20H2,1-2H3,(H,31,36)(H,32,35)/t23-,28+/m1/s1. The molecule has 1 aromatic carbocycles. The number of carbonyl (C=O) groups excluding carboxylic acids is 3. The van der Waals surface area contributed by atoms with E-state index in [-0.39, 0.29) is 30.2 Å². The van der Waals surface area contributed by atoms with Crippen LogP contribution in [0.2, 0.25) is 0 Å². The summed E-state index contributed by atoms with van der Waals surface area (Å²) in [5.74, 6) is -0.142. The van der Waals surface area contributed by atoms with E-state index < -0.39 is 11.9 Å². The third kappa shape index (κ3) is 7.65. The van der Waals surface area contributed by atoms with Crippen molar-refractivity contribution in [3.05, 3.63) is 59.6 Å². The Hall–Kier alpha value is -3.79. The molecule has 40 heavy (non-hydrogen) atoms. The third-order valence-corrected chi connectivity index (χ3v) is 7.34. The minimum absolute atomic E-state index is 0.0564. The smallest absolute Gasteiger partial charge is 0.287 e. The first kappa shape index (κ1) is 29.2. The van der Waals surface area contributed by atoms with Gasteiger partial charge < -0.3 is 34.2 Å². The summed E-state index contributed by atoms with van der Waals surface area (Å²) in [6.45, 7) is 1.05. The number of benzene rings is 1. The molecule has 0 bridgehead atoms. The summed E-state index contributed by atoms with van der Waals surface area (Å²) in [5.41, 5.74) is 1.85. The topological polar surface area (TPSA) is 119 Å². The van der Waals surface area contributed by atoms with E-state index in [0.29, 0.717) is 43.2 Å². The highest BCUT2D eigenvalue weighted by molar-refractivity contribution is 5.95. The number of hydrogen-bond acceptors (Lipinski definition) is 7. The predicted molar refractivity (Wildman–Crippen MR) is 148 cm³/mol. The number of nitrogens with zero attached hydrogens (tertiary/aromatic N) is 1. The Bertz CT molecular complexity index is 1170. The first-order valence-corrected chi connectivity index (χ1v) is 13.9. The molecule has 1 saturated heterocycles. The van der Waals surface area contributed by atoms with Crippen LogP contribution in [-0.4, -0.2) is 69.2 Å². The number of rotatable bonds is 13. The van der Waals surface area contributed by atoms with E-state index in [9.17, 15) is 14.4 Å². The van der Waals surface area contributed by atoms with E-state index in [4.69, 9.17) is 18.6 Å². The van der Waals surface area contributed by atoms with Gasteiger partial charge in [-0.3, -0.25) is 14.4 Å². The van der Waals surface area contributed by atoms with Crippen LogP contribution in [0.5, 0.6) is 11.5 Å². The first-order valence-electron chi connectivity index (χ1n) is 13.9. The Labute approximate surface area is 235 Å². The van der Waals surface area contributed by atoms with Crippen LogP contribution < -0.4 is 20.1 Å². The number of hydrogen-bond donors (Lipinski definition) is 2. The van der Waals surface area contributed by atoms with Gasteiger partial charge in [0.25, 0.3) is 5.91 Å². The number of ether oxygens (including phenoxy) is 3. The van der Waals surface area contributed by atoms with E-state index in [1.54, 1.807) is 36.3 Å². The molecule has 3 amide bonds. The van der Waals surface area contributed by atoms with E-state index in [1.807, 2.05) is 0 Å². The van der Waals surface area contributed by atoms with Crippen molar-refractivity contribution in [2.24, 2.45) is 0 Å². The number of amides is 3. The normalized spacial score (nSPS) is 17.4. The van der Waals surface area contributed by atoms with Gasteiger partial charge in [-0.2, -0.15) is 0 Å². The zero-order valence-electron chi connectivity index (χ0n) is 23.3. The summed E-state index contributed by atoms with van der Waals surface area (Å²) >= 11 is 0. The molecule has 1 aliphatic heterocycles. The third-order valence-electron chi connectivity index (χ3n) is 7.34. The fourth-order valence-electron chi connectivity index (χ4n) is 5.16. The zero-order valence-corrected chi connectivity index (χ0v) is 23.3. The molecular weight excluding hydrogens is 514 g/mol. The Kier molecular flexibility index (Phi) is 10.6. The van der Waals surface area contributed by atoms with Crippen LogP contribution in [0, 0.1) is 0 Å². The molecule has 1 aliphatic carbocycles. The summed E-state index contributed by atoms with van der Waals surface area (Å²) in [4.78, 5) is 41.6. The highest BCUT2D eigenvalue weighted by atomic mass is 16.5. The maximum atomic E-state index is 13.8. The predicted octanol–water partition coefficient (Wildman–Crippen LogP) is 3.78. The number of allylic oxidation sites excluding steroid dienone is 1. The summed E-state index contributed by atoms with van der Waals surface area (Å²) in [7, 11) is 3.07. The maximum absolute atomic E-state index is 13.8. The van der Waals surface area contributed by atoms with Crippen molar-refractivity contribution in [3.8, 4) is 11.5 Å². The highest BCUT2D eigenvalue weighted by Crippen LogP contribution is 2.33. The average molecular weight is 554 g/mol. The largest absolute Gasteiger partial charge is 0.493 e. The van der Waals surface area contributed by atoms with Crippen molar-refractivity contribution < 1.29 is 33.0 Å². The molecule has 1 aromatic heterocycles. The molecule has 2 atom stereocenters. The van der Waals surface area contributed by atoms with E-state index in [1.165, 1.54) is 25.0 Å². The molecule has 2 aliphatic rings. The molecule has 0 radical (unpaired) electrons. The highest BCUT2D eigenvalue weighted by Gasteiger charge is 2.33. The minimum Gasteiger partial charge on any atom is -0.493 e. The van der Waals surface area contributed by atoms with Gasteiger partial charge in [-0.05, 0) is 74.8 Å². The van der Waals surface area contributed by atoms with E-state index in [2.05, 4.69) is 16.7 Å². The minimum atomic E-state index is -0.960. The van der Waals surface area contributed by atoms with Crippen LogP contribution >= 0.6 is 0 Å². The van der Waals surface area contributed by atoms with Gasteiger partial charge >= 0.3 is 0 Å². The lowest BCUT2D eigenvalue weighted by molar-refractivity contribution is -0.140. The Morgan fingerprint density at radius 3 is 2.60 bits per heavy atom. The van der Waals surface area contributed by atoms with Crippen LogP contribution in [0.1, 0.15) is 67.1 Å². The lowest BCUT2D eigenvalue weighted by atomic mass is 9.96. The lowest BCUT2D eigenvalue weighted by Gasteiger charge is -2.32. The zero-order chi connectivity index (χ0) is 28.3. The Morgan fingerprint density at radius 2 is 1.93 bits per heavy atom. The molecule has 2 heterocycles.